The van der Waals surface area contributed by atoms with E-state index < -0.39 is 77.3 Å². The Balaban J connectivity index is 0.000000178. The normalized spacial score (nSPS) is 13.7. The number of nitrogens with zero attached hydrogens (tertiary/aromatic N) is 7. The van der Waals surface area contributed by atoms with Gasteiger partial charge in [0.15, 0.2) is 0 Å². The summed E-state index contributed by atoms with van der Waals surface area (Å²) in [5.74, 6) is -7.99. The van der Waals surface area contributed by atoms with E-state index in [0.717, 1.165) is 33.0 Å². The van der Waals surface area contributed by atoms with E-state index in [0.29, 0.717) is 85.2 Å². The molecular formula is C79H69N9O21. The molecule has 30 heteroatoms. The van der Waals surface area contributed by atoms with Crippen LogP contribution in [-0.2, 0) is 56.4 Å². The van der Waals surface area contributed by atoms with Gasteiger partial charge < -0.3 is 49.4 Å². The van der Waals surface area contributed by atoms with Crippen molar-refractivity contribution in [2.24, 2.45) is 9.98 Å². The van der Waals surface area contributed by atoms with Gasteiger partial charge in [-0.05, 0) is 133 Å². The maximum Gasteiger partial charge on any atom is 0.560 e. The fourth-order valence-electron chi connectivity index (χ4n) is 12.0. The zero-order valence-electron chi connectivity index (χ0n) is 59.4. The van der Waals surface area contributed by atoms with Crippen LogP contribution < -0.4 is 31.1 Å². The zero-order valence-corrected chi connectivity index (χ0v) is 59.4. The van der Waals surface area contributed by atoms with Gasteiger partial charge in [-0.3, -0.25) is 58.0 Å². The Bertz CT molecular complexity index is 5380. The monoisotopic (exact) mass is 1480 g/mol. The van der Waals surface area contributed by atoms with Crippen molar-refractivity contribution in [2.45, 2.75) is 65.5 Å². The molecule has 556 valence electrons. The van der Waals surface area contributed by atoms with Gasteiger partial charge in [-0.15, -0.1) is 5.06 Å². The van der Waals surface area contributed by atoms with E-state index in [4.69, 9.17) is 18.8 Å². The van der Waals surface area contributed by atoms with Crippen LogP contribution in [-0.4, -0.2) is 149 Å². The third-order valence-electron chi connectivity index (χ3n) is 17.5. The van der Waals surface area contributed by atoms with E-state index in [2.05, 4.69) is 30.3 Å². The van der Waals surface area contributed by atoms with Crippen molar-refractivity contribution >= 4 is 111 Å². The predicted octanol–water partition coefficient (Wildman–Crippen LogP) is 9.83. The summed E-state index contributed by atoms with van der Waals surface area (Å²) in [6.45, 7) is 5.32. The molecule has 0 unspecified atom stereocenters. The van der Waals surface area contributed by atoms with Crippen LogP contribution in [0.2, 0.25) is 0 Å². The number of hydrogen-bond acceptors (Lipinski definition) is 22. The number of fused-ring (bicyclic) bond motifs is 4. The quantitative estimate of drug-likeness (QED) is 0.0371. The number of hydrogen-bond donors (Lipinski definition) is 5. The molecule has 0 spiro atoms. The van der Waals surface area contributed by atoms with Crippen LogP contribution in [0.1, 0.15) is 126 Å². The number of hydroxylamine groups is 6. The summed E-state index contributed by atoms with van der Waals surface area (Å²) < 4.78 is 12.6. The van der Waals surface area contributed by atoms with E-state index in [1.807, 2.05) is 125 Å². The van der Waals surface area contributed by atoms with Crippen molar-refractivity contribution in [1.29, 1.82) is 0 Å². The summed E-state index contributed by atoms with van der Waals surface area (Å²) in [4.78, 5) is 181. The average molecular weight is 1480 g/mol. The molecule has 3 fully saturated rings. The minimum atomic E-state index is -1.48. The molecule has 0 bridgehead atoms. The number of carbonyl (C=O) groups excluding carboxylic acids is 10. The SMILES string of the molecule is CCN=c1ccc2c(-c3ccc(C(=O)NCc4ccc(C(=O)O)cc4)cc3C(=O)O)c3ccc(N(C)C)cc3oc-2c1.CCN=c1ccc2c(-c3ccc(C(=O)NCc4ccc(C(=O)ON5C(=O)CCC5=O)cc4)cc3C(=O)O)c3ccc(N(C)C)cc3oc-2c1.O=C(ON1C(=O)CCC1=O)ON1C(=O)CCC1=O. The number of carbonyl (C=O) groups is 13. The number of anilines is 2. The Labute approximate surface area is 619 Å². The molecule has 5 aliphatic heterocycles. The Morgan fingerprint density at radius 2 is 0.761 bits per heavy atom. The summed E-state index contributed by atoms with van der Waals surface area (Å²) in [6.07, 6.45) is -1.75. The highest BCUT2D eigenvalue weighted by atomic mass is 16.9. The lowest BCUT2D eigenvalue weighted by molar-refractivity contribution is -0.198. The molecule has 6 aromatic rings. The Morgan fingerprint density at radius 3 is 1.11 bits per heavy atom. The fourth-order valence-corrected chi connectivity index (χ4v) is 12.0. The molecule has 0 aromatic heterocycles. The lowest BCUT2D eigenvalue weighted by Gasteiger charge is -2.19. The van der Waals surface area contributed by atoms with Gasteiger partial charge in [0.2, 0.25) is 0 Å². The van der Waals surface area contributed by atoms with Crippen LogP contribution in [0.3, 0.4) is 0 Å². The number of amides is 8. The maximum atomic E-state index is 13.2. The van der Waals surface area contributed by atoms with Gasteiger partial charge in [-0.2, -0.15) is 4.79 Å². The summed E-state index contributed by atoms with van der Waals surface area (Å²) in [6, 6.07) is 44.1. The molecule has 5 heterocycles. The third-order valence-corrected chi connectivity index (χ3v) is 17.5. The summed E-state index contributed by atoms with van der Waals surface area (Å²) in [5, 5.41) is 39.2. The minimum absolute atomic E-state index is 0.00763. The van der Waals surface area contributed by atoms with Crippen molar-refractivity contribution in [1.82, 2.24) is 25.8 Å². The first-order chi connectivity index (χ1) is 52.2. The van der Waals surface area contributed by atoms with Crippen molar-refractivity contribution in [3.05, 3.63) is 213 Å². The number of aromatic carboxylic acids is 3. The zero-order chi connectivity index (χ0) is 78.1. The standard InChI is InChI=1S/C37H32N4O8.C33H29N3O6.C9H8N2O7/c1-4-38-24-10-13-27-30(18-24)48-31-19-25(40(2)3)11-14-28(31)34(27)26-12-9-23(17-29(26)36(45)46)35(44)39-20-21-5-7-22(8-6-21)37(47)49-41-32(42)15-16-33(41)43;1-4-34-22-10-13-25-28(16-22)42-29-17-23(36(2)3)11-14-26(29)30(25)24-12-9-21(15-27(24)33(40)41)31(37)35-18-19-5-7-20(8-6-19)32(38)39;12-5-1-2-6(13)10(5)17-9(16)18-11-7(14)3-4-8(11)15/h5-14,17-19H,4,15-16,20H2,1-3H3,(H,39,44)(H,45,46);5-17H,4,18H2,1-3H3,(H,35,37)(H,38,39)(H,40,41);1-4H2. The lowest BCUT2D eigenvalue weighted by atomic mass is 9.89. The highest BCUT2D eigenvalue weighted by molar-refractivity contribution is 6.12. The van der Waals surface area contributed by atoms with Gasteiger partial charge in [0.25, 0.3) is 47.3 Å². The summed E-state index contributed by atoms with van der Waals surface area (Å²) in [7, 11) is 7.70. The van der Waals surface area contributed by atoms with Gasteiger partial charge in [-0.25, -0.2) is 19.2 Å². The smallest absolute Gasteiger partial charge is 0.478 e. The largest absolute Gasteiger partial charge is 0.560 e. The average Bonchev–Trinajstić information content (AvgIpc) is 1.46. The molecular weight excluding hydrogens is 1410 g/mol. The van der Waals surface area contributed by atoms with E-state index >= 15 is 0 Å². The van der Waals surface area contributed by atoms with Crippen LogP contribution in [0, 0.1) is 0 Å². The molecule has 109 heavy (non-hydrogen) atoms. The molecule has 13 rings (SSSR count). The second-order valence-electron chi connectivity index (χ2n) is 25.2. The van der Waals surface area contributed by atoms with Crippen molar-refractivity contribution < 1.29 is 101 Å². The molecule has 0 radical (unpaired) electrons. The summed E-state index contributed by atoms with van der Waals surface area (Å²) >= 11 is 0. The highest BCUT2D eigenvalue weighted by Crippen LogP contribution is 2.44. The minimum Gasteiger partial charge on any atom is -0.478 e. The van der Waals surface area contributed by atoms with Crippen LogP contribution in [0.25, 0.3) is 66.8 Å². The first kappa shape index (κ1) is 76.0. The molecule has 7 aliphatic rings. The molecule has 3 saturated heterocycles. The van der Waals surface area contributed by atoms with E-state index in [9.17, 15) is 72.5 Å². The summed E-state index contributed by atoms with van der Waals surface area (Å²) in [5.41, 5.74) is 8.49. The third kappa shape index (κ3) is 17.1. The second-order valence-corrected chi connectivity index (χ2v) is 25.2. The van der Waals surface area contributed by atoms with E-state index in [1.165, 1.54) is 36.4 Å². The van der Waals surface area contributed by atoms with Gasteiger partial charge in [-0.1, -0.05) is 46.5 Å². The van der Waals surface area contributed by atoms with E-state index in [-0.39, 0.29) is 95.1 Å². The number of carboxylic acids is 3. The Kier molecular flexibility index (Phi) is 22.9. The first-order valence-corrected chi connectivity index (χ1v) is 34.0. The first-order valence-electron chi connectivity index (χ1n) is 34.0. The lowest BCUT2D eigenvalue weighted by Crippen LogP contribution is -2.37. The fraction of sp³-hybridized carbons (Fsp3) is 0.203. The molecule has 2 aliphatic carbocycles. The Morgan fingerprint density at radius 1 is 0.413 bits per heavy atom. The van der Waals surface area contributed by atoms with Gasteiger partial charge in [0, 0.05) is 173 Å². The number of rotatable bonds is 19. The van der Waals surface area contributed by atoms with Gasteiger partial charge >= 0.3 is 30.0 Å². The van der Waals surface area contributed by atoms with E-state index in [1.54, 1.807) is 48.5 Å². The van der Waals surface area contributed by atoms with Crippen molar-refractivity contribution in [3.8, 4) is 44.9 Å². The number of carboxylic acid groups (broad SMARTS) is 3. The number of benzene rings is 8. The van der Waals surface area contributed by atoms with Crippen LogP contribution in [0.15, 0.2) is 177 Å². The topological polar surface area (TPSA) is 402 Å². The molecule has 5 N–H and O–H groups in total. The number of nitrogens with one attached hydrogen (secondary N) is 2. The molecule has 0 saturated carbocycles. The van der Waals surface area contributed by atoms with Crippen LogP contribution in [0.5, 0.6) is 0 Å². The van der Waals surface area contributed by atoms with Crippen molar-refractivity contribution in [3.63, 3.8) is 0 Å². The maximum absolute atomic E-state index is 13.2. The molecule has 0 atom stereocenters. The van der Waals surface area contributed by atoms with Crippen LogP contribution >= 0.6 is 0 Å². The number of imide groups is 3. The predicted molar refractivity (Wildman–Crippen MR) is 390 cm³/mol. The molecule has 8 amide bonds. The second kappa shape index (κ2) is 32.9. The highest BCUT2D eigenvalue weighted by Gasteiger charge is 2.38. The van der Waals surface area contributed by atoms with Gasteiger partial charge in [0.05, 0.1) is 33.0 Å². The van der Waals surface area contributed by atoms with Gasteiger partial charge in [0.1, 0.15) is 22.7 Å². The van der Waals surface area contributed by atoms with Crippen molar-refractivity contribution in [2.75, 3.05) is 51.1 Å². The molecule has 6 aromatic carbocycles. The van der Waals surface area contributed by atoms with Crippen LogP contribution in [0.4, 0.5) is 16.2 Å². The molecule has 30 nitrogen and oxygen atoms in total. The Hall–Kier alpha value is -14.2.